The zero-order chi connectivity index (χ0) is 23.1. The number of fused-ring (bicyclic) bond motifs is 2. The van der Waals surface area contributed by atoms with Gasteiger partial charge in [-0.2, -0.15) is 5.10 Å². The Morgan fingerprint density at radius 3 is 2.91 bits per heavy atom. The van der Waals surface area contributed by atoms with E-state index in [1.807, 2.05) is 6.07 Å². The van der Waals surface area contributed by atoms with Gasteiger partial charge in [0.1, 0.15) is 17.4 Å². The Balaban J connectivity index is 1.52. The highest BCUT2D eigenvalue weighted by molar-refractivity contribution is 6.01. The van der Waals surface area contributed by atoms with E-state index in [0.29, 0.717) is 30.1 Å². The van der Waals surface area contributed by atoms with Crippen LogP contribution in [0, 0.1) is 5.82 Å². The molecule has 0 fully saturated rings. The lowest BCUT2D eigenvalue weighted by molar-refractivity contribution is 0.0821. The first kappa shape index (κ1) is 20.9. The normalized spacial score (nSPS) is 12.5. The predicted molar refractivity (Wildman–Crippen MR) is 123 cm³/mol. The first-order valence-corrected chi connectivity index (χ1v) is 10.6. The molecule has 4 aromatic rings. The van der Waals surface area contributed by atoms with Crippen molar-refractivity contribution < 1.29 is 13.9 Å². The molecular weight excluding hydrogens is 423 g/mol. The minimum Gasteiger partial charge on any atom is -0.493 e. The van der Waals surface area contributed by atoms with Crippen molar-refractivity contribution in [3.63, 3.8) is 0 Å². The summed E-state index contributed by atoms with van der Waals surface area (Å²) in [6.45, 7) is 0.844. The number of aromatic nitrogens is 4. The van der Waals surface area contributed by atoms with E-state index in [1.54, 1.807) is 56.5 Å². The van der Waals surface area contributed by atoms with Gasteiger partial charge in [-0.1, -0.05) is 0 Å². The highest BCUT2D eigenvalue weighted by Crippen LogP contribution is 2.33. The van der Waals surface area contributed by atoms with Gasteiger partial charge in [-0.05, 0) is 29.7 Å². The Kier molecular flexibility index (Phi) is 5.16. The first-order chi connectivity index (χ1) is 15.9. The fourth-order valence-corrected chi connectivity index (χ4v) is 4.16. The van der Waals surface area contributed by atoms with E-state index in [-0.39, 0.29) is 18.3 Å². The van der Waals surface area contributed by atoms with Crippen LogP contribution in [0.3, 0.4) is 0 Å². The standard InChI is InChI=1S/C24H23FN6O2/c1-30(2)24(32)20-10-21(31(3)29-20)17-13-28-23(18-11-26-8-6-14(17)18)27-12-16-15-7-9-33-22(15)5-4-19(16)25/h4-6,8,10-11,13H,7,9,12H2,1-3H3,(H,27,28). The van der Waals surface area contributed by atoms with Gasteiger partial charge < -0.3 is 15.0 Å². The number of carbonyl (C=O) groups is 1. The number of ether oxygens (including phenoxy) is 1. The molecule has 0 saturated heterocycles. The molecular formula is C24H23FN6O2. The number of pyridine rings is 2. The average molecular weight is 446 g/mol. The Labute approximate surface area is 190 Å². The van der Waals surface area contributed by atoms with Crippen LogP contribution >= 0.6 is 0 Å². The van der Waals surface area contributed by atoms with Crippen LogP contribution in [-0.4, -0.2) is 51.3 Å². The van der Waals surface area contributed by atoms with Crippen molar-refractivity contribution in [3.05, 3.63) is 65.5 Å². The number of amides is 1. The van der Waals surface area contributed by atoms with Crippen LogP contribution in [0.4, 0.5) is 10.2 Å². The van der Waals surface area contributed by atoms with Crippen molar-refractivity contribution in [2.24, 2.45) is 7.05 Å². The second kappa shape index (κ2) is 8.16. The number of nitrogens with one attached hydrogen (secondary N) is 1. The van der Waals surface area contributed by atoms with E-state index in [1.165, 1.54) is 11.0 Å². The molecule has 4 heterocycles. The maximum absolute atomic E-state index is 14.5. The van der Waals surface area contributed by atoms with Gasteiger partial charge >= 0.3 is 0 Å². The molecule has 1 aliphatic heterocycles. The molecule has 8 nitrogen and oxygen atoms in total. The van der Waals surface area contributed by atoms with Crippen molar-refractivity contribution in [2.45, 2.75) is 13.0 Å². The number of anilines is 1. The van der Waals surface area contributed by atoms with Crippen LogP contribution in [0.15, 0.2) is 42.9 Å². The topological polar surface area (TPSA) is 85.2 Å². The van der Waals surface area contributed by atoms with Gasteiger partial charge in [0, 0.05) is 74.8 Å². The number of benzene rings is 1. The van der Waals surface area contributed by atoms with Crippen LogP contribution in [0.5, 0.6) is 5.75 Å². The quantitative estimate of drug-likeness (QED) is 0.506. The third-order valence-corrected chi connectivity index (χ3v) is 5.84. The molecule has 0 saturated carbocycles. The zero-order valence-corrected chi connectivity index (χ0v) is 18.6. The van der Waals surface area contributed by atoms with Crippen molar-refractivity contribution >= 4 is 22.5 Å². The second-order valence-corrected chi connectivity index (χ2v) is 8.13. The third kappa shape index (κ3) is 3.65. The number of aryl methyl sites for hydroxylation is 1. The minimum absolute atomic E-state index is 0.171. The summed E-state index contributed by atoms with van der Waals surface area (Å²) in [5, 5.41) is 9.34. The molecule has 1 amide bonds. The van der Waals surface area contributed by atoms with Gasteiger partial charge in [0.2, 0.25) is 0 Å². The molecule has 9 heteroatoms. The molecule has 0 radical (unpaired) electrons. The van der Waals surface area contributed by atoms with E-state index < -0.39 is 0 Å². The maximum atomic E-state index is 14.5. The number of hydrogen-bond acceptors (Lipinski definition) is 6. The lowest BCUT2D eigenvalue weighted by Crippen LogP contribution is -2.22. The van der Waals surface area contributed by atoms with Crippen LogP contribution in [0.2, 0.25) is 0 Å². The third-order valence-electron chi connectivity index (χ3n) is 5.84. The van der Waals surface area contributed by atoms with E-state index >= 15 is 0 Å². The van der Waals surface area contributed by atoms with Gasteiger partial charge in [-0.25, -0.2) is 9.37 Å². The Bertz CT molecular complexity index is 1380. The van der Waals surface area contributed by atoms with Gasteiger partial charge in [-0.3, -0.25) is 14.5 Å². The highest BCUT2D eigenvalue weighted by atomic mass is 19.1. The number of carbonyl (C=O) groups excluding carboxylic acids is 1. The average Bonchev–Trinajstić information content (AvgIpc) is 3.44. The van der Waals surface area contributed by atoms with Crippen molar-refractivity contribution in [3.8, 4) is 17.0 Å². The Morgan fingerprint density at radius 2 is 2.09 bits per heavy atom. The molecule has 0 spiro atoms. The molecule has 0 aliphatic carbocycles. The molecule has 1 aliphatic rings. The number of hydrogen-bond donors (Lipinski definition) is 1. The van der Waals surface area contributed by atoms with Crippen LogP contribution < -0.4 is 10.1 Å². The molecule has 0 atom stereocenters. The van der Waals surface area contributed by atoms with Crippen molar-refractivity contribution in [2.75, 3.05) is 26.0 Å². The summed E-state index contributed by atoms with van der Waals surface area (Å²) in [7, 11) is 5.18. The molecule has 5 rings (SSSR count). The smallest absolute Gasteiger partial charge is 0.273 e. The Hall–Kier alpha value is -4.01. The monoisotopic (exact) mass is 446 g/mol. The van der Waals surface area contributed by atoms with Crippen LogP contribution in [-0.2, 0) is 20.0 Å². The molecule has 0 bridgehead atoms. The largest absolute Gasteiger partial charge is 0.493 e. The summed E-state index contributed by atoms with van der Waals surface area (Å²) in [6, 6.07) is 6.77. The molecule has 0 unspecified atom stereocenters. The predicted octanol–water partition coefficient (Wildman–Crippen LogP) is 3.42. The van der Waals surface area contributed by atoms with Gasteiger partial charge in [0.15, 0.2) is 5.69 Å². The number of nitrogens with zero attached hydrogens (tertiary/aromatic N) is 5. The van der Waals surface area contributed by atoms with E-state index in [2.05, 4.69) is 20.4 Å². The molecule has 168 valence electrons. The summed E-state index contributed by atoms with van der Waals surface area (Å²) in [4.78, 5) is 22.7. The van der Waals surface area contributed by atoms with Crippen LogP contribution in [0.1, 0.15) is 21.6 Å². The highest BCUT2D eigenvalue weighted by Gasteiger charge is 2.21. The summed E-state index contributed by atoms with van der Waals surface area (Å²) < 4.78 is 21.8. The molecule has 3 aromatic heterocycles. The van der Waals surface area contributed by atoms with Gasteiger partial charge in [0.05, 0.1) is 12.3 Å². The van der Waals surface area contributed by atoms with Gasteiger partial charge in [0.25, 0.3) is 5.91 Å². The SMILES string of the molecule is CN(C)C(=O)c1cc(-c2cnc(NCc3c(F)ccc4c3CCO4)c3cnccc23)n(C)n1. The van der Waals surface area contributed by atoms with Crippen LogP contribution in [0.25, 0.3) is 22.0 Å². The van der Waals surface area contributed by atoms with Crippen molar-refractivity contribution in [1.29, 1.82) is 0 Å². The minimum atomic E-state index is -0.265. The maximum Gasteiger partial charge on any atom is 0.273 e. The summed E-state index contributed by atoms with van der Waals surface area (Å²) in [5.74, 6) is 0.904. The molecule has 1 N–H and O–H groups in total. The summed E-state index contributed by atoms with van der Waals surface area (Å²) in [5.41, 5.74) is 3.43. The second-order valence-electron chi connectivity index (χ2n) is 8.13. The number of halogens is 1. The fourth-order valence-electron chi connectivity index (χ4n) is 4.16. The zero-order valence-electron chi connectivity index (χ0n) is 18.6. The lowest BCUT2D eigenvalue weighted by Gasteiger charge is -2.14. The molecule has 1 aromatic carbocycles. The lowest BCUT2D eigenvalue weighted by atomic mass is 10.0. The van der Waals surface area contributed by atoms with Gasteiger partial charge in [-0.15, -0.1) is 0 Å². The Morgan fingerprint density at radius 1 is 1.24 bits per heavy atom. The molecule has 33 heavy (non-hydrogen) atoms. The fraction of sp³-hybridized carbons (Fsp3) is 0.250. The summed E-state index contributed by atoms with van der Waals surface area (Å²) in [6.07, 6.45) is 5.86. The van der Waals surface area contributed by atoms with E-state index in [0.717, 1.165) is 33.3 Å². The first-order valence-electron chi connectivity index (χ1n) is 10.6. The summed E-state index contributed by atoms with van der Waals surface area (Å²) >= 11 is 0. The van der Waals surface area contributed by atoms with Crippen molar-refractivity contribution in [1.82, 2.24) is 24.6 Å². The number of rotatable bonds is 5. The van der Waals surface area contributed by atoms with E-state index in [9.17, 15) is 9.18 Å². The van der Waals surface area contributed by atoms with E-state index in [4.69, 9.17) is 4.74 Å².